The summed E-state index contributed by atoms with van der Waals surface area (Å²) in [6, 6.07) is 9.91. The molecule has 2 aromatic heterocycles. The highest BCUT2D eigenvalue weighted by Crippen LogP contribution is 2.29. The van der Waals surface area contributed by atoms with Gasteiger partial charge in [0.1, 0.15) is 0 Å². The number of nitrogens with one attached hydrogen (secondary N) is 1. The molecule has 92 valence electrons. The third-order valence-corrected chi connectivity index (χ3v) is 5.19. The summed E-state index contributed by atoms with van der Waals surface area (Å²) >= 11 is 6.92. The van der Waals surface area contributed by atoms with Crippen LogP contribution in [0.25, 0.3) is 11.0 Å². The number of thioether (sulfide) groups is 1. The number of hydrogen-bond donors (Lipinski definition) is 2. The zero-order valence-corrected chi connectivity index (χ0v) is 12.5. The fraction of sp³-hybridized carbons (Fsp3) is 0.0833. The molecule has 0 atom stereocenters. The minimum Gasteiger partial charge on any atom is -0.399 e. The molecule has 1 aromatic carbocycles. The molecule has 3 N–H and O–H groups in total. The van der Waals surface area contributed by atoms with Crippen LogP contribution in [0.4, 0.5) is 5.69 Å². The highest BCUT2D eigenvalue weighted by Gasteiger charge is 2.05. The standard InChI is InChI=1S/C12H10BrN3S2/c13-11-4-2-8(18-11)6-17-12-15-9-3-1-7(14)5-10(9)16-12/h1-5H,6,14H2,(H,15,16). The van der Waals surface area contributed by atoms with Gasteiger partial charge in [-0.1, -0.05) is 11.8 Å². The molecule has 0 saturated heterocycles. The Morgan fingerprint density at radius 3 is 3.00 bits per heavy atom. The fourth-order valence-electron chi connectivity index (χ4n) is 1.64. The maximum absolute atomic E-state index is 5.74. The topological polar surface area (TPSA) is 54.7 Å². The van der Waals surface area contributed by atoms with Gasteiger partial charge >= 0.3 is 0 Å². The van der Waals surface area contributed by atoms with Gasteiger partial charge in [-0.15, -0.1) is 11.3 Å². The molecule has 0 amide bonds. The van der Waals surface area contributed by atoms with E-state index >= 15 is 0 Å². The molecule has 3 aromatic rings. The number of rotatable bonds is 3. The Balaban J connectivity index is 1.78. The number of anilines is 1. The van der Waals surface area contributed by atoms with Crippen molar-refractivity contribution >= 4 is 55.7 Å². The van der Waals surface area contributed by atoms with Gasteiger partial charge in [0.05, 0.1) is 14.8 Å². The quantitative estimate of drug-likeness (QED) is 0.553. The van der Waals surface area contributed by atoms with E-state index in [1.807, 2.05) is 18.2 Å². The zero-order valence-electron chi connectivity index (χ0n) is 9.31. The second-order valence-electron chi connectivity index (χ2n) is 3.81. The Labute approximate surface area is 121 Å². The normalized spacial score (nSPS) is 11.2. The van der Waals surface area contributed by atoms with Gasteiger partial charge in [0.15, 0.2) is 5.16 Å². The first-order chi connectivity index (χ1) is 8.70. The van der Waals surface area contributed by atoms with Crippen LogP contribution in [0, 0.1) is 0 Å². The van der Waals surface area contributed by atoms with Gasteiger partial charge in [-0.2, -0.15) is 0 Å². The number of aromatic nitrogens is 2. The van der Waals surface area contributed by atoms with E-state index in [2.05, 4.69) is 38.0 Å². The molecular weight excluding hydrogens is 330 g/mol. The van der Waals surface area contributed by atoms with Crippen LogP contribution in [-0.4, -0.2) is 9.97 Å². The summed E-state index contributed by atoms with van der Waals surface area (Å²) in [6.45, 7) is 0. The summed E-state index contributed by atoms with van der Waals surface area (Å²) in [5.41, 5.74) is 8.45. The smallest absolute Gasteiger partial charge is 0.166 e. The number of imidazole rings is 1. The Morgan fingerprint density at radius 2 is 2.22 bits per heavy atom. The SMILES string of the molecule is Nc1ccc2nc(SCc3ccc(Br)s3)[nH]c2c1. The van der Waals surface area contributed by atoms with E-state index in [0.717, 1.165) is 31.4 Å². The zero-order chi connectivity index (χ0) is 12.5. The first-order valence-electron chi connectivity index (χ1n) is 5.33. The van der Waals surface area contributed by atoms with Crippen molar-refractivity contribution in [1.82, 2.24) is 9.97 Å². The number of halogens is 1. The van der Waals surface area contributed by atoms with Crippen molar-refractivity contribution in [1.29, 1.82) is 0 Å². The van der Waals surface area contributed by atoms with E-state index in [1.54, 1.807) is 23.1 Å². The average Bonchev–Trinajstić information content (AvgIpc) is 2.92. The minimum absolute atomic E-state index is 0.755. The molecule has 0 aliphatic heterocycles. The van der Waals surface area contributed by atoms with Crippen molar-refractivity contribution in [2.45, 2.75) is 10.9 Å². The predicted octanol–water partition coefficient (Wildman–Crippen LogP) is 4.26. The van der Waals surface area contributed by atoms with Crippen LogP contribution in [0.15, 0.2) is 39.3 Å². The number of nitrogens with two attached hydrogens (primary N) is 1. The Bertz CT molecular complexity index is 690. The van der Waals surface area contributed by atoms with Gasteiger partial charge in [-0.25, -0.2) is 4.98 Å². The number of thiophene rings is 1. The van der Waals surface area contributed by atoms with Gasteiger partial charge < -0.3 is 10.7 Å². The fourth-order valence-corrected chi connectivity index (χ4v) is 4.05. The number of fused-ring (bicyclic) bond motifs is 1. The summed E-state index contributed by atoms with van der Waals surface area (Å²) in [4.78, 5) is 9.12. The molecule has 3 nitrogen and oxygen atoms in total. The first kappa shape index (κ1) is 12.1. The van der Waals surface area contributed by atoms with Gasteiger partial charge in [-0.05, 0) is 46.3 Å². The Morgan fingerprint density at radius 1 is 1.33 bits per heavy atom. The van der Waals surface area contributed by atoms with Gasteiger partial charge in [0.25, 0.3) is 0 Å². The molecule has 0 aliphatic rings. The maximum atomic E-state index is 5.74. The Hall–Kier alpha value is -0.980. The number of nitrogens with zero attached hydrogens (tertiary/aromatic N) is 1. The minimum atomic E-state index is 0.755. The van der Waals surface area contributed by atoms with E-state index in [1.165, 1.54) is 4.88 Å². The number of hydrogen-bond acceptors (Lipinski definition) is 4. The van der Waals surface area contributed by atoms with Gasteiger partial charge in [0.2, 0.25) is 0 Å². The first-order valence-corrected chi connectivity index (χ1v) is 7.92. The number of benzene rings is 1. The third kappa shape index (κ3) is 2.55. The number of H-pyrrole nitrogens is 1. The van der Waals surface area contributed by atoms with Crippen LogP contribution in [0.3, 0.4) is 0 Å². The molecule has 0 radical (unpaired) electrons. The monoisotopic (exact) mass is 339 g/mol. The molecule has 0 bridgehead atoms. The number of nitrogen functional groups attached to an aromatic ring is 1. The lowest BCUT2D eigenvalue weighted by Crippen LogP contribution is -1.82. The van der Waals surface area contributed by atoms with E-state index in [0.29, 0.717) is 0 Å². The van der Waals surface area contributed by atoms with Crippen molar-refractivity contribution in [3.63, 3.8) is 0 Å². The lowest BCUT2D eigenvalue weighted by atomic mass is 10.3. The average molecular weight is 340 g/mol. The molecule has 0 aliphatic carbocycles. The molecule has 0 fully saturated rings. The third-order valence-electron chi connectivity index (χ3n) is 2.46. The molecule has 2 heterocycles. The maximum Gasteiger partial charge on any atom is 0.166 e. The summed E-state index contributed by atoms with van der Waals surface area (Å²) < 4.78 is 1.16. The number of aromatic amines is 1. The van der Waals surface area contributed by atoms with Crippen molar-refractivity contribution in [2.24, 2.45) is 0 Å². The molecule has 0 unspecified atom stereocenters. The molecular formula is C12H10BrN3S2. The molecule has 3 rings (SSSR count). The van der Waals surface area contributed by atoms with Gasteiger partial charge in [-0.3, -0.25) is 0 Å². The summed E-state index contributed by atoms with van der Waals surface area (Å²) in [5.74, 6) is 0.922. The van der Waals surface area contributed by atoms with Crippen molar-refractivity contribution in [2.75, 3.05) is 5.73 Å². The molecule has 6 heteroatoms. The van der Waals surface area contributed by atoms with Crippen molar-refractivity contribution < 1.29 is 0 Å². The van der Waals surface area contributed by atoms with Crippen molar-refractivity contribution in [3.05, 3.63) is 39.0 Å². The van der Waals surface area contributed by atoms with Crippen LogP contribution in [-0.2, 0) is 5.75 Å². The molecule has 0 spiro atoms. The predicted molar refractivity (Wildman–Crippen MR) is 82.1 cm³/mol. The summed E-state index contributed by atoms with van der Waals surface area (Å²) in [6.07, 6.45) is 0. The van der Waals surface area contributed by atoms with Gasteiger partial charge in [0, 0.05) is 16.3 Å². The van der Waals surface area contributed by atoms with Crippen LogP contribution in [0.1, 0.15) is 4.88 Å². The molecule has 18 heavy (non-hydrogen) atoms. The lowest BCUT2D eigenvalue weighted by molar-refractivity contribution is 1.08. The van der Waals surface area contributed by atoms with E-state index in [4.69, 9.17) is 5.73 Å². The highest BCUT2D eigenvalue weighted by molar-refractivity contribution is 9.11. The molecule has 0 saturated carbocycles. The summed E-state index contributed by atoms with van der Waals surface area (Å²) in [7, 11) is 0. The summed E-state index contributed by atoms with van der Waals surface area (Å²) in [5, 5.41) is 0.931. The van der Waals surface area contributed by atoms with Crippen LogP contribution < -0.4 is 5.73 Å². The van der Waals surface area contributed by atoms with E-state index in [9.17, 15) is 0 Å². The van der Waals surface area contributed by atoms with Crippen LogP contribution >= 0.6 is 39.0 Å². The highest BCUT2D eigenvalue weighted by atomic mass is 79.9. The van der Waals surface area contributed by atoms with Crippen LogP contribution in [0.2, 0.25) is 0 Å². The van der Waals surface area contributed by atoms with E-state index < -0.39 is 0 Å². The van der Waals surface area contributed by atoms with Crippen molar-refractivity contribution in [3.8, 4) is 0 Å². The second kappa shape index (κ2) is 4.95. The van der Waals surface area contributed by atoms with E-state index in [-0.39, 0.29) is 0 Å². The second-order valence-corrected chi connectivity index (χ2v) is 7.32. The largest absolute Gasteiger partial charge is 0.399 e. The Kier molecular flexibility index (Phi) is 3.32. The van der Waals surface area contributed by atoms with Crippen LogP contribution in [0.5, 0.6) is 0 Å². The lowest BCUT2D eigenvalue weighted by Gasteiger charge is -1.93.